The molecule has 1 fully saturated rings. The SMILES string of the molecule is CCCOc1ccc2ccccc2c1/C=C1\SC(=O)N(CC(=O)Nc2ccc(Br)c(Cl)c2)C1=O. The van der Waals surface area contributed by atoms with Crippen molar-refractivity contribution in [3.63, 3.8) is 0 Å². The highest BCUT2D eigenvalue weighted by Gasteiger charge is 2.36. The van der Waals surface area contributed by atoms with Crippen LogP contribution in [0.4, 0.5) is 10.5 Å². The van der Waals surface area contributed by atoms with Gasteiger partial charge < -0.3 is 10.1 Å². The highest BCUT2D eigenvalue weighted by atomic mass is 79.9. The van der Waals surface area contributed by atoms with Crippen molar-refractivity contribution in [1.82, 2.24) is 4.90 Å². The number of thioether (sulfide) groups is 1. The molecule has 0 radical (unpaired) electrons. The Kier molecular flexibility index (Phi) is 7.60. The first-order chi connectivity index (χ1) is 16.4. The second-order valence-corrected chi connectivity index (χ2v) is 9.75. The first-order valence-electron chi connectivity index (χ1n) is 10.5. The van der Waals surface area contributed by atoms with Gasteiger partial charge in [0, 0.05) is 15.7 Å². The third-order valence-electron chi connectivity index (χ3n) is 5.05. The normalized spacial score (nSPS) is 14.8. The summed E-state index contributed by atoms with van der Waals surface area (Å²) in [7, 11) is 0. The molecule has 1 heterocycles. The fraction of sp³-hybridized carbons (Fsp3) is 0.160. The standard InChI is InChI=1S/C25H20BrClN2O4S/c1-2-11-33-21-10-7-15-5-3-4-6-17(15)18(21)13-22-24(31)29(25(32)34-22)14-23(30)28-16-8-9-19(26)20(27)12-16/h3-10,12-13H,2,11,14H2,1H3,(H,28,30)/b22-13-. The average Bonchev–Trinajstić information content (AvgIpc) is 3.08. The van der Waals surface area contributed by atoms with Crippen LogP contribution in [-0.2, 0) is 9.59 Å². The number of ether oxygens (including phenoxy) is 1. The van der Waals surface area contributed by atoms with Crippen molar-refractivity contribution in [2.24, 2.45) is 0 Å². The minimum Gasteiger partial charge on any atom is -0.493 e. The fourth-order valence-corrected chi connectivity index (χ4v) is 4.69. The van der Waals surface area contributed by atoms with E-state index in [4.69, 9.17) is 16.3 Å². The maximum atomic E-state index is 13.0. The number of rotatable bonds is 7. The van der Waals surface area contributed by atoms with E-state index < -0.39 is 23.6 Å². The zero-order chi connectivity index (χ0) is 24.2. The lowest BCUT2D eigenvalue weighted by atomic mass is 10.0. The van der Waals surface area contributed by atoms with Crippen LogP contribution in [0.2, 0.25) is 5.02 Å². The Bertz CT molecular complexity index is 1330. The number of anilines is 1. The summed E-state index contributed by atoms with van der Waals surface area (Å²) in [5.41, 5.74) is 1.19. The van der Waals surface area contributed by atoms with Crippen molar-refractivity contribution in [2.45, 2.75) is 13.3 Å². The van der Waals surface area contributed by atoms with E-state index in [2.05, 4.69) is 21.2 Å². The van der Waals surface area contributed by atoms with Gasteiger partial charge in [-0.15, -0.1) is 0 Å². The Morgan fingerprint density at radius 1 is 1.18 bits per heavy atom. The number of nitrogens with zero attached hydrogens (tertiary/aromatic N) is 1. The quantitative estimate of drug-likeness (QED) is 0.325. The minimum absolute atomic E-state index is 0.238. The van der Waals surface area contributed by atoms with Gasteiger partial charge in [-0.1, -0.05) is 48.9 Å². The maximum Gasteiger partial charge on any atom is 0.294 e. The summed E-state index contributed by atoms with van der Waals surface area (Å²) in [4.78, 5) is 39.3. The smallest absolute Gasteiger partial charge is 0.294 e. The number of benzene rings is 3. The molecule has 0 atom stereocenters. The van der Waals surface area contributed by atoms with Gasteiger partial charge in [0.15, 0.2) is 0 Å². The second kappa shape index (κ2) is 10.6. The zero-order valence-electron chi connectivity index (χ0n) is 18.1. The fourth-order valence-electron chi connectivity index (χ4n) is 3.45. The van der Waals surface area contributed by atoms with E-state index in [1.807, 2.05) is 43.3 Å². The predicted octanol–water partition coefficient (Wildman–Crippen LogP) is 6.72. The molecule has 1 N–H and O–H groups in total. The molecule has 9 heteroatoms. The van der Waals surface area contributed by atoms with E-state index in [1.54, 1.807) is 24.3 Å². The number of carbonyl (C=O) groups is 3. The number of hydrogen-bond donors (Lipinski definition) is 1. The largest absolute Gasteiger partial charge is 0.493 e. The third kappa shape index (κ3) is 5.29. The van der Waals surface area contributed by atoms with E-state index >= 15 is 0 Å². The Labute approximate surface area is 214 Å². The first-order valence-corrected chi connectivity index (χ1v) is 12.5. The average molecular weight is 560 g/mol. The summed E-state index contributed by atoms with van der Waals surface area (Å²) >= 11 is 10.2. The number of halogens is 2. The van der Waals surface area contributed by atoms with Crippen LogP contribution in [0.1, 0.15) is 18.9 Å². The molecule has 34 heavy (non-hydrogen) atoms. The molecule has 4 rings (SSSR count). The van der Waals surface area contributed by atoms with Crippen molar-refractivity contribution in [3.05, 3.63) is 74.6 Å². The summed E-state index contributed by atoms with van der Waals surface area (Å²) in [5, 5.41) is 4.49. The summed E-state index contributed by atoms with van der Waals surface area (Å²) in [5.74, 6) is -0.385. The third-order valence-corrected chi connectivity index (χ3v) is 7.19. The van der Waals surface area contributed by atoms with Gasteiger partial charge in [-0.05, 0) is 75.2 Å². The number of nitrogens with one attached hydrogen (secondary N) is 1. The van der Waals surface area contributed by atoms with Gasteiger partial charge in [-0.25, -0.2) is 0 Å². The Morgan fingerprint density at radius 3 is 2.74 bits per heavy atom. The summed E-state index contributed by atoms with van der Waals surface area (Å²) in [6.07, 6.45) is 2.51. The van der Waals surface area contributed by atoms with Crippen molar-refractivity contribution in [1.29, 1.82) is 0 Å². The number of amides is 3. The number of imide groups is 1. The molecule has 0 saturated carbocycles. The van der Waals surface area contributed by atoms with Gasteiger partial charge >= 0.3 is 0 Å². The Morgan fingerprint density at radius 2 is 1.97 bits per heavy atom. The molecule has 0 aromatic heterocycles. The van der Waals surface area contributed by atoms with Crippen molar-refractivity contribution < 1.29 is 19.1 Å². The number of carbonyl (C=O) groups excluding carboxylic acids is 3. The lowest BCUT2D eigenvalue weighted by molar-refractivity contribution is -0.127. The van der Waals surface area contributed by atoms with Crippen LogP contribution in [0, 0.1) is 0 Å². The molecule has 6 nitrogen and oxygen atoms in total. The Hall–Kier alpha value is -2.81. The van der Waals surface area contributed by atoms with Crippen LogP contribution in [0.5, 0.6) is 5.75 Å². The topological polar surface area (TPSA) is 75.7 Å². The summed E-state index contributed by atoms with van der Waals surface area (Å²) in [6, 6.07) is 16.5. The van der Waals surface area contributed by atoms with E-state index in [0.29, 0.717) is 27.5 Å². The molecule has 1 aliphatic heterocycles. The molecule has 0 unspecified atom stereocenters. The zero-order valence-corrected chi connectivity index (χ0v) is 21.3. The van der Waals surface area contributed by atoms with Gasteiger partial charge in [-0.2, -0.15) is 0 Å². The first kappa shape index (κ1) is 24.3. The molecule has 174 valence electrons. The van der Waals surface area contributed by atoms with Crippen LogP contribution in [0.15, 0.2) is 64.0 Å². The van der Waals surface area contributed by atoms with E-state index in [0.717, 1.165) is 39.4 Å². The van der Waals surface area contributed by atoms with Gasteiger partial charge in [0.25, 0.3) is 11.1 Å². The van der Waals surface area contributed by atoms with E-state index in [-0.39, 0.29) is 4.91 Å². The molecule has 3 aromatic rings. The van der Waals surface area contributed by atoms with Crippen LogP contribution < -0.4 is 10.1 Å². The van der Waals surface area contributed by atoms with Gasteiger partial charge in [0.2, 0.25) is 5.91 Å². The second-order valence-electron chi connectivity index (χ2n) is 7.49. The minimum atomic E-state index is -0.520. The molecule has 1 aliphatic rings. The van der Waals surface area contributed by atoms with Crippen LogP contribution in [-0.4, -0.2) is 35.1 Å². The molecular formula is C25H20BrClN2O4S. The van der Waals surface area contributed by atoms with Gasteiger partial charge in [0.1, 0.15) is 12.3 Å². The molecular weight excluding hydrogens is 540 g/mol. The molecule has 3 amide bonds. The van der Waals surface area contributed by atoms with Crippen LogP contribution in [0.25, 0.3) is 16.8 Å². The monoisotopic (exact) mass is 558 g/mol. The molecule has 3 aromatic carbocycles. The van der Waals surface area contributed by atoms with Gasteiger partial charge in [-0.3, -0.25) is 19.3 Å². The predicted molar refractivity (Wildman–Crippen MR) is 140 cm³/mol. The molecule has 1 saturated heterocycles. The maximum absolute atomic E-state index is 13.0. The van der Waals surface area contributed by atoms with Crippen LogP contribution >= 0.6 is 39.3 Å². The summed E-state index contributed by atoms with van der Waals surface area (Å²) in [6.45, 7) is 2.14. The highest BCUT2D eigenvalue weighted by molar-refractivity contribution is 9.10. The number of hydrogen-bond acceptors (Lipinski definition) is 5. The van der Waals surface area contributed by atoms with Crippen molar-refractivity contribution in [2.75, 3.05) is 18.5 Å². The van der Waals surface area contributed by atoms with Crippen molar-refractivity contribution >= 4 is 78.9 Å². The lowest BCUT2D eigenvalue weighted by Crippen LogP contribution is -2.36. The highest BCUT2D eigenvalue weighted by Crippen LogP contribution is 2.37. The van der Waals surface area contributed by atoms with Crippen molar-refractivity contribution in [3.8, 4) is 5.75 Å². The molecule has 0 spiro atoms. The molecule has 0 bridgehead atoms. The summed E-state index contributed by atoms with van der Waals surface area (Å²) < 4.78 is 6.59. The Balaban J connectivity index is 1.57. The van der Waals surface area contributed by atoms with E-state index in [9.17, 15) is 14.4 Å². The lowest BCUT2D eigenvalue weighted by Gasteiger charge is -2.13. The van der Waals surface area contributed by atoms with Gasteiger partial charge in [0.05, 0.1) is 16.5 Å². The molecule has 0 aliphatic carbocycles. The van der Waals surface area contributed by atoms with Crippen LogP contribution in [0.3, 0.4) is 0 Å². The number of fused-ring (bicyclic) bond motifs is 1. The van der Waals surface area contributed by atoms with E-state index in [1.165, 1.54) is 0 Å².